The number of benzene rings is 2. The fraction of sp³-hybridized carbons (Fsp3) is 0.208. The monoisotopic (exact) mass is 469 g/mol. The number of halogens is 3. The molecule has 0 bridgehead atoms. The number of alkyl halides is 3. The molecule has 0 saturated carbocycles. The Bertz CT molecular complexity index is 1230. The number of hydrogen-bond acceptors (Lipinski definition) is 4. The maximum Gasteiger partial charge on any atom is 0.416 e. The molecule has 1 aliphatic heterocycles. The number of nitrogens with zero attached hydrogens (tertiary/aromatic N) is 3. The van der Waals surface area contributed by atoms with E-state index in [1.165, 1.54) is 17.2 Å². The first-order valence-corrected chi connectivity index (χ1v) is 10.4. The lowest BCUT2D eigenvalue weighted by Crippen LogP contribution is -2.28. The molecule has 2 N–H and O–H groups in total. The summed E-state index contributed by atoms with van der Waals surface area (Å²) in [6.45, 7) is 0.496. The Hall–Kier alpha value is -4.08. The SMILES string of the molecule is CN(C)c1cc(NC(=O)Nc2ccc3c(c2)CCN3C(=O)c2cccnc2)cc(C(F)(F)F)c1. The van der Waals surface area contributed by atoms with Crippen LogP contribution in [0.1, 0.15) is 21.5 Å². The first kappa shape index (κ1) is 23.1. The lowest BCUT2D eigenvalue weighted by molar-refractivity contribution is -0.137. The van der Waals surface area contributed by atoms with Crippen molar-refractivity contribution in [2.75, 3.05) is 41.1 Å². The lowest BCUT2D eigenvalue weighted by atomic mass is 10.1. The number of hydrogen-bond donors (Lipinski definition) is 2. The quantitative estimate of drug-likeness (QED) is 0.563. The van der Waals surface area contributed by atoms with Crippen molar-refractivity contribution in [2.45, 2.75) is 12.6 Å². The van der Waals surface area contributed by atoms with Crippen molar-refractivity contribution >= 4 is 34.7 Å². The average molecular weight is 469 g/mol. The van der Waals surface area contributed by atoms with Gasteiger partial charge in [-0.3, -0.25) is 9.78 Å². The summed E-state index contributed by atoms with van der Waals surface area (Å²) in [6, 6.07) is 11.2. The van der Waals surface area contributed by atoms with Gasteiger partial charge in [0.2, 0.25) is 0 Å². The van der Waals surface area contributed by atoms with Gasteiger partial charge in [0.1, 0.15) is 0 Å². The molecule has 0 fully saturated rings. The van der Waals surface area contributed by atoms with Gasteiger partial charge in [0, 0.05) is 55.8 Å². The van der Waals surface area contributed by atoms with Gasteiger partial charge in [0.25, 0.3) is 5.91 Å². The zero-order valence-corrected chi connectivity index (χ0v) is 18.5. The van der Waals surface area contributed by atoms with Crippen LogP contribution in [0.25, 0.3) is 0 Å². The molecular formula is C24H22F3N5O2. The molecular weight excluding hydrogens is 447 g/mol. The van der Waals surface area contributed by atoms with E-state index in [0.717, 1.165) is 23.4 Å². The van der Waals surface area contributed by atoms with Gasteiger partial charge in [-0.15, -0.1) is 0 Å². The van der Waals surface area contributed by atoms with Gasteiger partial charge in [-0.2, -0.15) is 13.2 Å². The average Bonchev–Trinajstić information content (AvgIpc) is 3.21. The molecule has 10 heteroatoms. The fourth-order valence-corrected chi connectivity index (χ4v) is 3.73. The highest BCUT2D eigenvalue weighted by Gasteiger charge is 2.31. The molecule has 34 heavy (non-hydrogen) atoms. The van der Waals surface area contributed by atoms with Gasteiger partial charge in [-0.25, -0.2) is 4.79 Å². The predicted octanol–water partition coefficient (Wildman–Crippen LogP) is 5.01. The second-order valence-electron chi connectivity index (χ2n) is 8.03. The Kier molecular flexibility index (Phi) is 6.14. The van der Waals surface area contributed by atoms with Gasteiger partial charge in [0.15, 0.2) is 0 Å². The van der Waals surface area contributed by atoms with Crippen molar-refractivity contribution in [1.29, 1.82) is 0 Å². The first-order valence-electron chi connectivity index (χ1n) is 10.4. The van der Waals surface area contributed by atoms with E-state index in [1.54, 1.807) is 55.5 Å². The van der Waals surface area contributed by atoms with Crippen molar-refractivity contribution in [1.82, 2.24) is 4.98 Å². The van der Waals surface area contributed by atoms with Crippen molar-refractivity contribution < 1.29 is 22.8 Å². The van der Waals surface area contributed by atoms with Gasteiger partial charge in [-0.1, -0.05) is 0 Å². The summed E-state index contributed by atoms with van der Waals surface area (Å²) in [5.41, 5.74) is 2.04. The van der Waals surface area contributed by atoms with Crippen LogP contribution in [0, 0.1) is 0 Å². The summed E-state index contributed by atoms with van der Waals surface area (Å²) in [5, 5.41) is 5.11. The summed E-state index contributed by atoms with van der Waals surface area (Å²) in [4.78, 5) is 32.4. The number of fused-ring (bicyclic) bond motifs is 1. The standard InChI is InChI=1S/C24H22F3N5O2/c1-31(2)20-12-17(24(25,26)27)11-19(13-20)30-23(34)29-18-5-6-21-15(10-18)7-9-32(21)22(33)16-4-3-8-28-14-16/h3-6,8,10-14H,7,9H2,1-2H3,(H2,29,30,34). The van der Waals surface area contributed by atoms with Crippen LogP contribution in [0.4, 0.5) is 40.7 Å². The highest BCUT2D eigenvalue weighted by molar-refractivity contribution is 6.07. The smallest absolute Gasteiger partial charge is 0.378 e. The molecule has 0 aliphatic carbocycles. The summed E-state index contributed by atoms with van der Waals surface area (Å²) >= 11 is 0. The number of rotatable bonds is 4. The molecule has 0 saturated heterocycles. The van der Waals surface area contributed by atoms with E-state index in [4.69, 9.17) is 0 Å². The summed E-state index contributed by atoms with van der Waals surface area (Å²) in [5.74, 6) is -0.161. The molecule has 3 aromatic rings. The number of aromatic nitrogens is 1. The zero-order chi connectivity index (χ0) is 24.5. The molecule has 0 atom stereocenters. The number of carbonyl (C=O) groups excluding carboxylic acids is 2. The lowest BCUT2D eigenvalue weighted by Gasteiger charge is -2.18. The number of pyridine rings is 1. The Morgan fingerprint density at radius 3 is 2.47 bits per heavy atom. The molecule has 0 spiro atoms. The van der Waals surface area contributed by atoms with Crippen LogP contribution in [0.3, 0.4) is 0 Å². The third-order valence-electron chi connectivity index (χ3n) is 5.41. The maximum absolute atomic E-state index is 13.2. The van der Waals surface area contributed by atoms with E-state index in [0.29, 0.717) is 29.9 Å². The summed E-state index contributed by atoms with van der Waals surface area (Å²) in [6.07, 6.45) is -0.829. The molecule has 0 unspecified atom stereocenters. The molecule has 4 rings (SSSR count). The number of carbonyl (C=O) groups is 2. The van der Waals surface area contributed by atoms with E-state index in [2.05, 4.69) is 15.6 Å². The molecule has 0 radical (unpaired) electrons. The minimum absolute atomic E-state index is 0.0189. The molecule has 1 aromatic heterocycles. The highest BCUT2D eigenvalue weighted by atomic mass is 19.4. The normalized spacial score (nSPS) is 12.8. The first-order chi connectivity index (χ1) is 16.1. The van der Waals surface area contributed by atoms with Crippen LogP contribution in [0.15, 0.2) is 60.9 Å². The van der Waals surface area contributed by atoms with Gasteiger partial charge in [-0.05, 0) is 60.5 Å². The van der Waals surface area contributed by atoms with E-state index >= 15 is 0 Å². The topological polar surface area (TPSA) is 77.6 Å². The third kappa shape index (κ3) is 4.95. The molecule has 176 valence electrons. The molecule has 7 nitrogen and oxygen atoms in total. The number of urea groups is 1. The van der Waals surface area contributed by atoms with Gasteiger partial charge in [0.05, 0.1) is 11.1 Å². The van der Waals surface area contributed by atoms with Crippen LogP contribution in [0.5, 0.6) is 0 Å². The molecule has 2 aromatic carbocycles. The van der Waals surface area contributed by atoms with Crippen LogP contribution in [-0.4, -0.2) is 37.6 Å². The predicted molar refractivity (Wildman–Crippen MR) is 124 cm³/mol. The number of anilines is 4. The van der Waals surface area contributed by atoms with E-state index in [-0.39, 0.29) is 11.6 Å². The number of amides is 3. The van der Waals surface area contributed by atoms with Gasteiger partial charge >= 0.3 is 12.2 Å². The summed E-state index contributed by atoms with van der Waals surface area (Å²) in [7, 11) is 3.23. The molecule has 2 heterocycles. The van der Waals surface area contributed by atoms with E-state index in [1.807, 2.05) is 0 Å². The largest absolute Gasteiger partial charge is 0.416 e. The Balaban J connectivity index is 1.48. The second kappa shape index (κ2) is 9.05. The summed E-state index contributed by atoms with van der Waals surface area (Å²) < 4.78 is 39.7. The van der Waals surface area contributed by atoms with Crippen LogP contribution >= 0.6 is 0 Å². The van der Waals surface area contributed by atoms with Crippen molar-refractivity contribution in [3.05, 3.63) is 77.6 Å². The van der Waals surface area contributed by atoms with Crippen molar-refractivity contribution in [3.63, 3.8) is 0 Å². The Labute approximate surface area is 194 Å². The third-order valence-corrected chi connectivity index (χ3v) is 5.41. The minimum Gasteiger partial charge on any atom is -0.378 e. The van der Waals surface area contributed by atoms with Crippen molar-refractivity contribution in [2.24, 2.45) is 0 Å². The number of nitrogens with one attached hydrogen (secondary N) is 2. The second-order valence-corrected chi connectivity index (χ2v) is 8.03. The zero-order valence-electron chi connectivity index (χ0n) is 18.5. The molecule has 3 amide bonds. The van der Waals surface area contributed by atoms with Gasteiger partial charge < -0.3 is 20.4 Å². The molecule has 1 aliphatic rings. The Morgan fingerprint density at radius 2 is 1.79 bits per heavy atom. The van der Waals surface area contributed by atoms with Crippen LogP contribution < -0.4 is 20.4 Å². The fourth-order valence-electron chi connectivity index (χ4n) is 3.73. The van der Waals surface area contributed by atoms with E-state index < -0.39 is 17.8 Å². The maximum atomic E-state index is 13.2. The Morgan fingerprint density at radius 1 is 1.03 bits per heavy atom. The van der Waals surface area contributed by atoms with Crippen LogP contribution in [0.2, 0.25) is 0 Å². The minimum atomic E-state index is -4.54. The highest BCUT2D eigenvalue weighted by Crippen LogP contribution is 2.34. The van der Waals surface area contributed by atoms with Crippen LogP contribution in [-0.2, 0) is 12.6 Å². The van der Waals surface area contributed by atoms with E-state index in [9.17, 15) is 22.8 Å². The van der Waals surface area contributed by atoms with Crippen molar-refractivity contribution in [3.8, 4) is 0 Å².